The number of phenolic OH excluding ortho intramolecular Hbond substituents is 1. The SMILES string of the molecule is NCCCC[C@H](N)C(=O)NCC(=O)N[C@@H](Cc1ccc(O)cc1)C(=O)N[C@@H](Cc1c[nH]c2ccccc12)C(=O)N[C@@H](CO)C(=O)N[C@@H](CC(=O)O)C(=O)N[C@@H](Cc1c[nH]c2ccccc12)C(=O)N[C@@H](CO)C(=O)N[C@@H](CCC(=O)O)C(=O)N[C@@H](CCC(=O)O)C(=O)O. The number of aromatic nitrogens is 2. The van der Waals surface area contributed by atoms with Gasteiger partial charge in [-0.2, -0.15) is 0 Å². The molecule has 0 fully saturated rings. The maximum atomic E-state index is 14.5. The number of aromatic amines is 2. The zero-order chi connectivity index (χ0) is 67.6. The second-order valence-electron chi connectivity index (χ2n) is 21.3. The Hall–Kier alpha value is -10.5. The molecule has 9 atom stereocenters. The number of aromatic hydroxyl groups is 1. The second kappa shape index (κ2) is 35.6. The highest BCUT2D eigenvalue weighted by Crippen LogP contribution is 2.22. The first-order valence-electron chi connectivity index (χ1n) is 28.9. The van der Waals surface area contributed by atoms with E-state index in [1.54, 1.807) is 54.7 Å². The summed E-state index contributed by atoms with van der Waals surface area (Å²) in [4.78, 5) is 178. The molecule has 0 bridgehead atoms. The summed E-state index contributed by atoms with van der Waals surface area (Å²) in [6.45, 7) is -2.68. The van der Waals surface area contributed by atoms with Crippen LogP contribution in [0.3, 0.4) is 0 Å². The van der Waals surface area contributed by atoms with Crippen LogP contribution in [0, 0.1) is 0 Å². The fourth-order valence-electron chi connectivity index (χ4n) is 9.46. The number of nitrogens with two attached hydrogens (primary N) is 2. The lowest BCUT2D eigenvalue weighted by atomic mass is 10.0. The number of aliphatic carboxylic acids is 4. The van der Waals surface area contributed by atoms with Crippen molar-refractivity contribution in [1.82, 2.24) is 57.8 Å². The van der Waals surface area contributed by atoms with E-state index in [-0.39, 0.29) is 25.0 Å². The number of hydrogen-bond acceptors (Lipinski definition) is 18. The van der Waals surface area contributed by atoms with Crippen LogP contribution in [-0.4, -0.2) is 203 Å². The molecule has 0 radical (unpaired) electrons. The Kier molecular flexibility index (Phi) is 28.0. The standard InChI is InChI=1S/C59H75N13O20/c60-20-6-5-9-36(61)51(83)64-27-47(76)65-41(21-30-12-14-33(75)15-13-30)53(85)68-42(22-31-25-62-37-10-3-1-7-34(31)37)54(86)72-46(29-74)58(90)70-44(24-50(81)82)56(88)69-43(23-32-26-63-38-11-4-2-8-35(32)38)55(87)71-45(28-73)57(89)66-39(16-18-48(77)78)52(84)67-40(59(91)92)17-19-49(79)80/h1-4,7-8,10-15,25-26,36,39-46,62-63,73-75H,5-6,9,16-24,27-29,60-61H2,(H,64,83)(H,65,76)(H,66,89)(H,67,84)(H,68,85)(H,69,88)(H,70,90)(H,71,87)(H,72,86)(H,77,78)(H,79,80)(H,81,82)(H,91,92)/t36-,39-,40-,41-,42-,43-,44-,45-,46-/m0/s1. The van der Waals surface area contributed by atoms with Crippen LogP contribution in [0.25, 0.3) is 21.8 Å². The monoisotopic (exact) mass is 1290 g/mol. The molecule has 9 amide bonds. The van der Waals surface area contributed by atoms with Gasteiger partial charge >= 0.3 is 23.9 Å². The van der Waals surface area contributed by atoms with Crippen molar-refractivity contribution >= 4 is 98.8 Å². The van der Waals surface area contributed by atoms with Gasteiger partial charge in [-0.05, 0) is 73.2 Å². The predicted molar refractivity (Wildman–Crippen MR) is 323 cm³/mol. The highest BCUT2D eigenvalue weighted by molar-refractivity contribution is 6.00. The van der Waals surface area contributed by atoms with Gasteiger partial charge < -0.3 is 105 Å². The van der Waals surface area contributed by atoms with Crippen molar-refractivity contribution in [1.29, 1.82) is 0 Å². The number of hydrogen-bond donors (Lipinski definition) is 20. The number of para-hydroxylation sites is 2. The van der Waals surface area contributed by atoms with Gasteiger partial charge in [0.15, 0.2) is 0 Å². The highest BCUT2D eigenvalue weighted by Gasteiger charge is 2.36. The third-order valence-corrected chi connectivity index (χ3v) is 14.4. The number of amides is 9. The minimum Gasteiger partial charge on any atom is -0.508 e. The number of unbranched alkanes of at least 4 members (excludes halogenated alkanes) is 1. The molecule has 0 saturated heterocycles. The van der Waals surface area contributed by atoms with Gasteiger partial charge in [-0.3, -0.25) is 57.5 Å². The molecular weight excluding hydrogens is 1210 g/mol. The molecule has 5 rings (SSSR count). The Morgan fingerprint density at radius 3 is 1.33 bits per heavy atom. The van der Waals surface area contributed by atoms with Crippen LogP contribution < -0.4 is 59.3 Å². The van der Waals surface area contributed by atoms with Crippen molar-refractivity contribution in [2.24, 2.45) is 11.5 Å². The molecule has 3 aromatic carbocycles. The van der Waals surface area contributed by atoms with Crippen LogP contribution in [0.5, 0.6) is 5.75 Å². The lowest BCUT2D eigenvalue weighted by Crippen LogP contribution is -2.61. The third-order valence-electron chi connectivity index (χ3n) is 14.4. The minimum absolute atomic E-state index is 0.118. The molecule has 0 aliphatic rings. The molecule has 22 N–H and O–H groups in total. The molecule has 0 aliphatic carbocycles. The molecule has 496 valence electrons. The van der Waals surface area contributed by atoms with Crippen LogP contribution in [0.1, 0.15) is 68.1 Å². The van der Waals surface area contributed by atoms with E-state index in [0.29, 0.717) is 57.9 Å². The first kappa shape index (κ1) is 72.2. The number of carboxylic acids is 4. The van der Waals surface area contributed by atoms with Crippen molar-refractivity contribution in [3.05, 3.63) is 102 Å². The van der Waals surface area contributed by atoms with E-state index < -0.39 is 190 Å². The Morgan fingerprint density at radius 2 is 0.859 bits per heavy atom. The van der Waals surface area contributed by atoms with Gasteiger partial charge in [-0.25, -0.2) is 4.79 Å². The quantitative estimate of drug-likeness (QED) is 0.0167. The van der Waals surface area contributed by atoms with E-state index in [4.69, 9.17) is 16.6 Å². The number of carbonyl (C=O) groups excluding carboxylic acids is 9. The van der Waals surface area contributed by atoms with Gasteiger partial charge in [-0.15, -0.1) is 0 Å². The van der Waals surface area contributed by atoms with Gasteiger partial charge in [-0.1, -0.05) is 55.0 Å². The van der Waals surface area contributed by atoms with E-state index in [1.807, 2.05) is 5.32 Å². The third kappa shape index (κ3) is 22.5. The fraction of sp³-hybridized carbons (Fsp3) is 0.407. The summed E-state index contributed by atoms with van der Waals surface area (Å²) in [6.07, 6.45) is -0.562. The number of H-pyrrole nitrogens is 2. The van der Waals surface area contributed by atoms with Crippen molar-refractivity contribution < 1.29 is 98.1 Å². The fourth-order valence-corrected chi connectivity index (χ4v) is 9.46. The molecule has 0 unspecified atom stereocenters. The normalized spacial score (nSPS) is 14.0. The van der Waals surface area contributed by atoms with Crippen molar-refractivity contribution in [3.63, 3.8) is 0 Å². The number of fused-ring (bicyclic) bond motifs is 2. The summed E-state index contributed by atoms with van der Waals surface area (Å²) < 4.78 is 0. The van der Waals surface area contributed by atoms with Gasteiger partial charge in [0.2, 0.25) is 53.2 Å². The van der Waals surface area contributed by atoms with Gasteiger partial charge in [0.25, 0.3) is 0 Å². The number of nitrogens with one attached hydrogen (secondary N) is 11. The minimum atomic E-state index is -2.12. The van der Waals surface area contributed by atoms with Gasteiger partial charge in [0.1, 0.15) is 54.1 Å². The molecule has 33 heteroatoms. The van der Waals surface area contributed by atoms with E-state index in [9.17, 15) is 93.0 Å². The molecule has 0 spiro atoms. The molecule has 0 aliphatic heterocycles. The lowest BCUT2D eigenvalue weighted by Gasteiger charge is -2.27. The van der Waals surface area contributed by atoms with Crippen LogP contribution in [-0.2, 0) is 81.6 Å². The Labute approximate surface area is 523 Å². The average molecular weight is 1290 g/mol. The summed E-state index contributed by atoms with van der Waals surface area (Å²) in [5.41, 5.74) is 13.9. The largest absolute Gasteiger partial charge is 0.508 e. The van der Waals surface area contributed by atoms with Crippen molar-refractivity contribution in [2.75, 3.05) is 26.3 Å². The van der Waals surface area contributed by atoms with Gasteiger partial charge in [0.05, 0.1) is 32.2 Å². The number of benzene rings is 3. The smallest absolute Gasteiger partial charge is 0.326 e. The molecule has 92 heavy (non-hydrogen) atoms. The van der Waals surface area contributed by atoms with Crippen LogP contribution in [0.2, 0.25) is 0 Å². The summed E-state index contributed by atoms with van der Waals surface area (Å²) >= 11 is 0. The second-order valence-corrected chi connectivity index (χ2v) is 21.3. The summed E-state index contributed by atoms with van der Waals surface area (Å²) in [7, 11) is 0. The summed E-state index contributed by atoms with van der Waals surface area (Å²) in [5, 5.41) is 90.8. The Bertz CT molecular complexity index is 3450. The zero-order valence-corrected chi connectivity index (χ0v) is 49.5. The average Bonchev–Trinajstić information content (AvgIpc) is 1.71. The number of phenols is 1. The predicted octanol–water partition coefficient (Wildman–Crippen LogP) is -3.89. The number of carbonyl (C=O) groups is 13. The van der Waals surface area contributed by atoms with Crippen LogP contribution in [0.4, 0.5) is 0 Å². The number of aliphatic hydroxyl groups is 2. The zero-order valence-electron chi connectivity index (χ0n) is 49.5. The number of aliphatic hydroxyl groups excluding tert-OH is 2. The lowest BCUT2D eigenvalue weighted by molar-refractivity contribution is -0.144. The number of carboxylic acid groups (broad SMARTS) is 4. The summed E-state index contributed by atoms with van der Waals surface area (Å²) in [5.74, 6) is -16.6. The molecule has 0 saturated carbocycles. The van der Waals surface area contributed by atoms with Crippen molar-refractivity contribution in [2.45, 2.75) is 125 Å². The first-order chi connectivity index (χ1) is 43.8. The van der Waals surface area contributed by atoms with Crippen LogP contribution in [0.15, 0.2) is 85.2 Å². The topological polar surface area (TPSA) is 555 Å². The maximum Gasteiger partial charge on any atom is 0.326 e. The first-order valence-corrected chi connectivity index (χ1v) is 28.9. The summed E-state index contributed by atoms with van der Waals surface area (Å²) in [6, 6.07) is 3.33. The highest BCUT2D eigenvalue weighted by atomic mass is 16.4. The van der Waals surface area contributed by atoms with E-state index >= 15 is 0 Å². The number of rotatable bonds is 39. The molecule has 2 aromatic heterocycles. The Balaban J connectivity index is 1.39. The molecule has 2 heterocycles. The molecule has 33 nitrogen and oxygen atoms in total. The van der Waals surface area contributed by atoms with E-state index in [0.717, 1.165) is 0 Å². The van der Waals surface area contributed by atoms with Crippen molar-refractivity contribution in [3.8, 4) is 5.75 Å². The van der Waals surface area contributed by atoms with Gasteiger partial charge in [0, 0.05) is 66.3 Å². The molecular formula is C59H75N13O20. The molecule has 5 aromatic rings. The van der Waals surface area contributed by atoms with E-state index in [2.05, 4.69) is 52.5 Å². The Morgan fingerprint density at radius 1 is 0.446 bits per heavy atom. The van der Waals surface area contributed by atoms with Crippen LogP contribution >= 0.6 is 0 Å². The van der Waals surface area contributed by atoms with E-state index in [1.165, 1.54) is 30.5 Å². The maximum absolute atomic E-state index is 14.5.